The molecule has 0 bridgehead atoms. The van der Waals surface area contributed by atoms with Gasteiger partial charge in [-0.15, -0.1) is 0 Å². The van der Waals surface area contributed by atoms with Crippen LogP contribution in [0.2, 0.25) is 0 Å². The van der Waals surface area contributed by atoms with Crippen LogP contribution in [0.1, 0.15) is 18.9 Å². The third-order valence-electron chi connectivity index (χ3n) is 4.15. The number of hydrogen-bond acceptors (Lipinski definition) is 5. The van der Waals surface area contributed by atoms with Crippen LogP contribution in [0, 0.1) is 0 Å². The Hall–Kier alpha value is -1.82. The summed E-state index contributed by atoms with van der Waals surface area (Å²) < 4.78 is 0. The van der Waals surface area contributed by atoms with Crippen molar-refractivity contribution in [1.29, 1.82) is 0 Å². The maximum atomic E-state index is 11.7. The van der Waals surface area contributed by atoms with E-state index >= 15 is 0 Å². The minimum atomic E-state index is 0.147. The number of fused-ring (bicyclic) bond motifs is 1. The van der Waals surface area contributed by atoms with Crippen LogP contribution in [0.4, 0.5) is 10.7 Å². The van der Waals surface area contributed by atoms with Gasteiger partial charge in [0.25, 0.3) is 5.24 Å². The first kappa shape index (κ1) is 16.1. The summed E-state index contributed by atoms with van der Waals surface area (Å²) in [5.41, 5.74) is 3.19. The second-order valence-electron chi connectivity index (χ2n) is 5.73. The van der Waals surface area contributed by atoms with E-state index in [9.17, 15) is 4.79 Å². The molecule has 0 aromatic carbocycles. The maximum Gasteiger partial charge on any atom is 0.281 e. The largest absolute Gasteiger partial charge is 0.337 e. The predicted molar refractivity (Wildman–Crippen MR) is 95.3 cm³/mol. The number of aromatic nitrogens is 2. The highest BCUT2D eigenvalue weighted by molar-refractivity contribution is 8.12. The number of thioether (sulfide) groups is 1. The number of amides is 1. The molecule has 23 heavy (non-hydrogen) atoms. The van der Waals surface area contributed by atoms with Gasteiger partial charge in [-0.3, -0.25) is 4.79 Å². The molecule has 0 N–H and O–H groups in total. The molecule has 3 aliphatic rings. The molecule has 6 heteroatoms. The lowest BCUT2D eigenvalue weighted by molar-refractivity contribution is 0.219. The summed E-state index contributed by atoms with van der Waals surface area (Å²) in [4.78, 5) is 25.1. The number of hydrogen-bond donors (Lipinski definition) is 0. The van der Waals surface area contributed by atoms with E-state index in [4.69, 9.17) is 0 Å². The van der Waals surface area contributed by atoms with Gasteiger partial charge in [0.2, 0.25) is 5.95 Å². The molecule has 1 amide bonds. The summed E-state index contributed by atoms with van der Waals surface area (Å²) >= 11 is 1.27. The third kappa shape index (κ3) is 3.58. The van der Waals surface area contributed by atoms with E-state index in [1.54, 1.807) is 0 Å². The topological polar surface area (TPSA) is 49.3 Å². The van der Waals surface area contributed by atoms with Gasteiger partial charge in [-0.25, -0.2) is 9.97 Å². The molecule has 0 spiro atoms. The van der Waals surface area contributed by atoms with Crippen molar-refractivity contribution in [2.45, 2.75) is 19.8 Å². The zero-order chi connectivity index (χ0) is 16.2. The van der Waals surface area contributed by atoms with Crippen molar-refractivity contribution in [1.82, 2.24) is 14.9 Å². The molecular formula is C17H22N4OS. The van der Waals surface area contributed by atoms with Gasteiger partial charge in [0.15, 0.2) is 0 Å². The van der Waals surface area contributed by atoms with Crippen LogP contribution in [0.25, 0.3) is 11.4 Å². The molecule has 2 aliphatic heterocycles. The Kier molecular flexibility index (Phi) is 5.00. The molecular weight excluding hydrogens is 308 g/mol. The Morgan fingerprint density at radius 3 is 2.22 bits per heavy atom. The van der Waals surface area contributed by atoms with Crippen molar-refractivity contribution < 1.29 is 4.79 Å². The van der Waals surface area contributed by atoms with Crippen LogP contribution < -0.4 is 4.90 Å². The lowest BCUT2D eigenvalue weighted by Gasteiger charge is -2.33. The fourth-order valence-corrected chi connectivity index (χ4v) is 3.28. The van der Waals surface area contributed by atoms with Gasteiger partial charge in [0.1, 0.15) is 0 Å². The quantitative estimate of drug-likeness (QED) is 0.865. The highest BCUT2D eigenvalue weighted by Crippen LogP contribution is 2.24. The number of carbonyl (C=O) groups is 1. The van der Waals surface area contributed by atoms with E-state index in [-0.39, 0.29) is 5.24 Å². The zero-order valence-electron chi connectivity index (χ0n) is 13.7. The molecule has 0 radical (unpaired) electrons. The molecule has 0 aromatic heterocycles. The molecule has 1 aliphatic carbocycles. The van der Waals surface area contributed by atoms with Gasteiger partial charge in [-0.1, -0.05) is 37.2 Å². The fourth-order valence-electron chi connectivity index (χ4n) is 2.84. The van der Waals surface area contributed by atoms with Crippen LogP contribution in [0.5, 0.6) is 0 Å². The van der Waals surface area contributed by atoms with Crippen molar-refractivity contribution in [3.05, 3.63) is 29.8 Å². The molecule has 2 heterocycles. The highest BCUT2D eigenvalue weighted by atomic mass is 32.2. The monoisotopic (exact) mass is 330 g/mol. The van der Waals surface area contributed by atoms with E-state index in [1.807, 2.05) is 11.2 Å². The van der Waals surface area contributed by atoms with Crippen LogP contribution >= 0.6 is 11.8 Å². The Balaban J connectivity index is 1.73. The van der Waals surface area contributed by atoms with Crippen LogP contribution in [-0.2, 0) is 6.42 Å². The van der Waals surface area contributed by atoms with Crippen molar-refractivity contribution in [3.63, 3.8) is 0 Å². The van der Waals surface area contributed by atoms with Crippen molar-refractivity contribution in [3.8, 4) is 11.4 Å². The molecule has 0 atom stereocenters. The molecule has 122 valence electrons. The number of carbonyl (C=O) groups excluding carboxylic acids is 1. The fraction of sp³-hybridized carbons (Fsp3) is 0.471. The van der Waals surface area contributed by atoms with Crippen molar-refractivity contribution in [2.24, 2.45) is 0 Å². The number of imidazole rings is 1. The maximum absolute atomic E-state index is 11.7. The first-order chi connectivity index (χ1) is 11.2. The van der Waals surface area contributed by atoms with Gasteiger partial charge < -0.3 is 9.80 Å². The SMILES string of the molecule is CCCc1ccc2nc(N3CCN(C(=O)SC)CC3)nc-2cc1. The molecule has 3 rings (SSSR count). The summed E-state index contributed by atoms with van der Waals surface area (Å²) in [6, 6.07) is 8.40. The molecule has 5 nitrogen and oxygen atoms in total. The van der Waals surface area contributed by atoms with Gasteiger partial charge in [-0.2, -0.15) is 0 Å². The molecule has 0 unspecified atom stereocenters. The Bertz CT molecular complexity index is 621. The number of rotatable bonds is 3. The molecule has 1 saturated heterocycles. The average molecular weight is 330 g/mol. The number of piperazine rings is 1. The van der Waals surface area contributed by atoms with E-state index in [0.717, 1.165) is 56.4 Å². The number of anilines is 1. The Morgan fingerprint density at radius 2 is 1.70 bits per heavy atom. The summed E-state index contributed by atoms with van der Waals surface area (Å²) in [6.07, 6.45) is 4.05. The van der Waals surface area contributed by atoms with Gasteiger partial charge >= 0.3 is 0 Å². The van der Waals surface area contributed by atoms with Crippen LogP contribution in [-0.4, -0.2) is 52.5 Å². The summed E-state index contributed by atoms with van der Waals surface area (Å²) in [5.74, 6) is 0.777. The first-order valence-electron chi connectivity index (χ1n) is 8.06. The van der Waals surface area contributed by atoms with Crippen LogP contribution in [0.15, 0.2) is 24.3 Å². The van der Waals surface area contributed by atoms with E-state index in [2.05, 4.69) is 46.1 Å². The smallest absolute Gasteiger partial charge is 0.281 e. The normalized spacial score (nSPS) is 15.2. The lowest BCUT2D eigenvalue weighted by Crippen LogP contribution is -2.48. The van der Waals surface area contributed by atoms with Crippen molar-refractivity contribution in [2.75, 3.05) is 37.3 Å². The van der Waals surface area contributed by atoms with E-state index < -0.39 is 0 Å². The Morgan fingerprint density at radius 1 is 1.09 bits per heavy atom. The lowest BCUT2D eigenvalue weighted by atomic mass is 10.2. The second-order valence-corrected chi connectivity index (χ2v) is 6.49. The number of nitrogens with zero attached hydrogens (tertiary/aromatic N) is 4. The van der Waals surface area contributed by atoms with E-state index in [1.165, 1.54) is 17.3 Å². The average Bonchev–Trinajstić information content (AvgIpc) is 2.91. The first-order valence-corrected chi connectivity index (χ1v) is 9.28. The highest BCUT2D eigenvalue weighted by Gasteiger charge is 2.23. The summed E-state index contributed by atoms with van der Waals surface area (Å²) in [7, 11) is 0. The number of aryl methyl sites for hydroxylation is 1. The molecule has 0 aromatic rings. The van der Waals surface area contributed by atoms with Gasteiger partial charge in [0, 0.05) is 26.2 Å². The molecule has 0 saturated carbocycles. The minimum Gasteiger partial charge on any atom is -0.337 e. The third-order valence-corrected chi connectivity index (χ3v) is 4.76. The molecule has 1 fully saturated rings. The standard InChI is InChI=1S/C17H22N4OS/c1-3-4-13-5-7-14-15(8-6-13)19-16(18-14)20-9-11-21(12-10-20)17(22)23-2/h5-8H,3-4,9-12H2,1-2H3. The van der Waals surface area contributed by atoms with Crippen molar-refractivity contribution >= 4 is 22.9 Å². The van der Waals surface area contributed by atoms with Crippen LogP contribution in [0.3, 0.4) is 0 Å². The van der Waals surface area contributed by atoms with Gasteiger partial charge in [0.05, 0.1) is 11.4 Å². The second kappa shape index (κ2) is 7.17. The summed E-state index contributed by atoms with van der Waals surface area (Å²) in [5, 5.41) is 0.147. The van der Waals surface area contributed by atoms with E-state index in [0.29, 0.717) is 0 Å². The summed E-state index contributed by atoms with van der Waals surface area (Å²) in [6.45, 7) is 5.23. The Labute approximate surface area is 141 Å². The zero-order valence-corrected chi connectivity index (χ0v) is 14.5. The minimum absolute atomic E-state index is 0.147. The predicted octanol–water partition coefficient (Wildman–Crippen LogP) is 3.14. The van der Waals surface area contributed by atoms with Gasteiger partial charge in [-0.05, 0) is 30.4 Å².